The summed E-state index contributed by atoms with van der Waals surface area (Å²) in [4.78, 5) is 24.7. The third-order valence-electron chi connectivity index (χ3n) is 4.37. The van der Waals surface area contributed by atoms with Crippen LogP contribution in [0.15, 0.2) is 53.3 Å². The monoisotopic (exact) mass is 374 g/mol. The van der Waals surface area contributed by atoms with Gasteiger partial charge in [-0.1, -0.05) is 0 Å². The van der Waals surface area contributed by atoms with E-state index in [0.717, 1.165) is 23.3 Å². The molecule has 0 spiro atoms. The van der Waals surface area contributed by atoms with Crippen molar-refractivity contribution in [1.29, 1.82) is 0 Å². The van der Waals surface area contributed by atoms with Gasteiger partial charge in [0.2, 0.25) is 0 Å². The van der Waals surface area contributed by atoms with Crippen molar-refractivity contribution in [1.82, 2.24) is 4.57 Å². The van der Waals surface area contributed by atoms with Gasteiger partial charge in [-0.2, -0.15) is 13.2 Å². The number of aromatic nitrogens is 1. The van der Waals surface area contributed by atoms with Crippen molar-refractivity contribution < 1.29 is 18.0 Å². The molecule has 0 aliphatic heterocycles. The predicted octanol–water partition coefficient (Wildman–Crippen LogP) is 4.60. The zero-order valence-corrected chi connectivity index (χ0v) is 14.7. The van der Waals surface area contributed by atoms with Crippen molar-refractivity contribution >= 4 is 22.5 Å². The van der Waals surface area contributed by atoms with E-state index in [-0.39, 0.29) is 16.7 Å². The quantitative estimate of drug-likeness (QED) is 0.728. The fraction of sp³-hybridized carbons (Fsp3) is 0.200. The van der Waals surface area contributed by atoms with Gasteiger partial charge < -0.3 is 9.88 Å². The Morgan fingerprint density at radius 1 is 1.07 bits per heavy atom. The Morgan fingerprint density at radius 2 is 1.74 bits per heavy atom. The van der Waals surface area contributed by atoms with Crippen LogP contribution in [-0.4, -0.2) is 10.5 Å². The molecule has 0 bridgehead atoms. The number of fused-ring (bicyclic) bond motifs is 1. The number of hydrogen-bond acceptors (Lipinski definition) is 2. The fourth-order valence-corrected chi connectivity index (χ4v) is 3.01. The third kappa shape index (κ3) is 3.72. The Hall–Kier alpha value is -3.09. The number of amides is 1. The summed E-state index contributed by atoms with van der Waals surface area (Å²) in [6.07, 6.45) is -4.43. The van der Waals surface area contributed by atoms with Gasteiger partial charge in [0, 0.05) is 34.9 Å². The molecule has 0 saturated carbocycles. The van der Waals surface area contributed by atoms with Crippen molar-refractivity contribution in [2.45, 2.75) is 26.6 Å². The van der Waals surface area contributed by atoms with E-state index in [1.165, 1.54) is 24.3 Å². The van der Waals surface area contributed by atoms with Crippen LogP contribution in [0.1, 0.15) is 28.5 Å². The van der Waals surface area contributed by atoms with Gasteiger partial charge in [0.15, 0.2) is 5.43 Å². The largest absolute Gasteiger partial charge is 0.416 e. The maximum Gasteiger partial charge on any atom is 0.416 e. The molecule has 0 aliphatic rings. The van der Waals surface area contributed by atoms with Gasteiger partial charge >= 0.3 is 6.18 Å². The number of carbonyl (C=O) groups excluding carboxylic acids is 1. The number of hydrogen-bond donors (Lipinski definition) is 1. The van der Waals surface area contributed by atoms with Crippen molar-refractivity contribution in [3.05, 3.63) is 75.6 Å². The first kappa shape index (κ1) is 18.7. The molecule has 0 saturated heterocycles. The van der Waals surface area contributed by atoms with Gasteiger partial charge in [0.25, 0.3) is 5.91 Å². The summed E-state index contributed by atoms with van der Waals surface area (Å²) >= 11 is 0. The maximum absolute atomic E-state index is 12.6. The lowest BCUT2D eigenvalue weighted by molar-refractivity contribution is -0.137. The highest BCUT2D eigenvalue weighted by Gasteiger charge is 2.30. The molecule has 0 unspecified atom stereocenters. The molecule has 0 fully saturated rings. The maximum atomic E-state index is 12.6. The number of pyridine rings is 1. The summed E-state index contributed by atoms with van der Waals surface area (Å²) in [6, 6.07) is 10.5. The van der Waals surface area contributed by atoms with Crippen molar-refractivity contribution in [2.24, 2.45) is 0 Å². The number of anilines is 1. The van der Waals surface area contributed by atoms with Crippen LogP contribution in [0.3, 0.4) is 0 Å². The molecule has 0 aliphatic carbocycles. The fourth-order valence-electron chi connectivity index (χ4n) is 3.01. The standard InChI is InChI=1S/C20H17F3N2O2/c1-3-25-12(2)10-18(26)16-11-13(4-9-17(16)25)19(27)24-15-7-5-14(6-8-15)20(21,22)23/h4-11H,3H2,1-2H3,(H,24,27). The molecule has 1 heterocycles. The number of aryl methyl sites for hydroxylation is 2. The number of rotatable bonds is 3. The number of alkyl halides is 3. The number of nitrogens with one attached hydrogen (secondary N) is 1. The van der Waals surface area contributed by atoms with Crippen molar-refractivity contribution in [3.63, 3.8) is 0 Å². The van der Waals surface area contributed by atoms with Crippen LogP contribution in [0.2, 0.25) is 0 Å². The molecule has 2 aromatic carbocycles. The zero-order chi connectivity index (χ0) is 19.8. The smallest absolute Gasteiger partial charge is 0.345 e. The van der Waals surface area contributed by atoms with Gasteiger partial charge in [0.05, 0.1) is 11.1 Å². The van der Waals surface area contributed by atoms with Gasteiger partial charge in [0.1, 0.15) is 0 Å². The summed E-state index contributed by atoms with van der Waals surface area (Å²) in [6.45, 7) is 4.48. The first-order valence-electron chi connectivity index (χ1n) is 8.33. The van der Waals surface area contributed by atoms with Gasteiger partial charge in [-0.05, 0) is 56.3 Å². The van der Waals surface area contributed by atoms with E-state index >= 15 is 0 Å². The lowest BCUT2D eigenvalue weighted by atomic mass is 10.1. The molecule has 1 aromatic heterocycles. The van der Waals surface area contributed by atoms with E-state index < -0.39 is 17.6 Å². The second-order valence-electron chi connectivity index (χ2n) is 6.16. The van der Waals surface area contributed by atoms with Gasteiger partial charge in [-0.15, -0.1) is 0 Å². The molecule has 1 amide bonds. The normalized spacial score (nSPS) is 11.6. The summed E-state index contributed by atoms with van der Waals surface area (Å²) in [5.41, 5.74) is 1.08. The molecular weight excluding hydrogens is 357 g/mol. The second-order valence-corrected chi connectivity index (χ2v) is 6.16. The highest BCUT2D eigenvalue weighted by atomic mass is 19.4. The second kappa shape index (κ2) is 6.90. The summed E-state index contributed by atoms with van der Waals surface area (Å²) in [7, 11) is 0. The lowest BCUT2D eigenvalue weighted by Crippen LogP contribution is -2.15. The van der Waals surface area contributed by atoms with Crippen LogP contribution in [0.4, 0.5) is 18.9 Å². The predicted molar refractivity (Wildman–Crippen MR) is 98.0 cm³/mol. The summed E-state index contributed by atoms with van der Waals surface area (Å²) < 4.78 is 39.8. The molecule has 0 radical (unpaired) electrons. The molecule has 4 nitrogen and oxygen atoms in total. The summed E-state index contributed by atoms with van der Waals surface area (Å²) in [5, 5.41) is 2.96. The highest BCUT2D eigenvalue weighted by molar-refractivity contribution is 6.06. The molecule has 0 atom stereocenters. The van der Waals surface area contributed by atoms with Crippen molar-refractivity contribution in [3.8, 4) is 0 Å². The number of halogens is 3. The van der Waals surface area contributed by atoms with Crippen LogP contribution in [-0.2, 0) is 12.7 Å². The van der Waals surface area contributed by atoms with Crippen LogP contribution in [0.5, 0.6) is 0 Å². The SMILES string of the molecule is CCn1c(C)cc(=O)c2cc(C(=O)Nc3ccc(C(F)(F)F)cc3)ccc21. The molecular formula is C20H17F3N2O2. The molecule has 3 aromatic rings. The molecule has 3 rings (SSSR count). The van der Waals surface area contributed by atoms with Crippen LogP contribution in [0.25, 0.3) is 10.9 Å². The first-order chi connectivity index (χ1) is 12.7. The van der Waals surface area contributed by atoms with Gasteiger partial charge in [-0.25, -0.2) is 0 Å². The number of carbonyl (C=O) groups is 1. The van der Waals surface area contributed by atoms with E-state index in [1.807, 2.05) is 18.4 Å². The van der Waals surface area contributed by atoms with E-state index in [4.69, 9.17) is 0 Å². The van der Waals surface area contributed by atoms with E-state index in [1.54, 1.807) is 12.1 Å². The zero-order valence-electron chi connectivity index (χ0n) is 14.7. The minimum absolute atomic E-state index is 0.184. The average molecular weight is 374 g/mol. The Bertz CT molecular complexity index is 1070. The third-order valence-corrected chi connectivity index (χ3v) is 4.37. The summed E-state index contributed by atoms with van der Waals surface area (Å²) in [5.74, 6) is -0.500. The van der Waals surface area contributed by atoms with E-state index in [9.17, 15) is 22.8 Å². The Labute approximate surface area is 153 Å². The number of benzene rings is 2. The molecule has 1 N–H and O–H groups in total. The molecule has 7 heteroatoms. The van der Waals surface area contributed by atoms with Crippen LogP contribution >= 0.6 is 0 Å². The van der Waals surface area contributed by atoms with Crippen LogP contribution < -0.4 is 10.7 Å². The minimum atomic E-state index is -4.43. The average Bonchev–Trinajstić information content (AvgIpc) is 2.61. The first-order valence-corrected chi connectivity index (χ1v) is 8.33. The van der Waals surface area contributed by atoms with E-state index in [2.05, 4.69) is 5.32 Å². The Morgan fingerprint density at radius 3 is 2.33 bits per heavy atom. The van der Waals surface area contributed by atoms with Gasteiger partial charge in [-0.3, -0.25) is 9.59 Å². The Balaban J connectivity index is 1.91. The topological polar surface area (TPSA) is 51.1 Å². The van der Waals surface area contributed by atoms with E-state index in [0.29, 0.717) is 11.9 Å². The minimum Gasteiger partial charge on any atom is -0.345 e. The lowest BCUT2D eigenvalue weighted by Gasteiger charge is -2.13. The van der Waals surface area contributed by atoms with Crippen LogP contribution in [0, 0.1) is 6.92 Å². The molecule has 140 valence electrons. The molecule has 27 heavy (non-hydrogen) atoms. The number of nitrogens with zero attached hydrogens (tertiary/aromatic N) is 1. The van der Waals surface area contributed by atoms with Crippen molar-refractivity contribution in [2.75, 3.05) is 5.32 Å². The highest BCUT2D eigenvalue weighted by Crippen LogP contribution is 2.30. The Kier molecular flexibility index (Phi) is 4.78.